The van der Waals surface area contributed by atoms with Crippen molar-refractivity contribution < 1.29 is 32.7 Å². The molecule has 0 radical (unpaired) electrons. The number of anilines is 1. The van der Waals surface area contributed by atoms with Crippen molar-refractivity contribution in [3.8, 4) is 0 Å². The van der Waals surface area contributed by atoms with Crippen molar-refractivity contribution in [2.45, 2.75) is 26.1 Å². The summed E-state index contributed by atoms with van der Waals surface area (Å²) in [7, 11) is 2.00. The van der Waals surface area contributed by atoms with Crippen LogP contribution >= 0.6 is 0 Å². The van der Waals surface area contributed by atoms with Crippen LogP contribution in [0.15, 0.2) is 60.7 Å². The second-order valence-electron chi connectivity index (χ2n) is 9.00. The van der Waals surface area contributed by atoms with E-state index >= 15 is 0 Å². The minimum Gasteiger partial charge on any atom is -0.475 e. The zero-order valence-corrected chi connectivity index (χ0v) is 20.6. The van der Waals surface area contributed by atoms with Gasteiger partial charge in [0.25, 0.3) is 5.91 Å². The Morgan fingerprint density at radius 1 is 1.03 bits per heavy atom. The quantitative estimate of drug-likeness (QED) is 0.455. The molecule has 37 heavy (non-hydrogen) atoms. The highest BCUT2D eigenvalue weighted by atomic mass is 19.4. The fraction of sp³-hybridized carbons (Fsp3) is 0.296. The number of carboxylic acid groups (broad SMARTS) is 1. The Labute approximate surface area is 212 Å². The summed E-state index contributed by atoms with van der Waals surface area (Å²) < 4.78 is 31.7. The fourth-order valence-corrected chi connectivity index (χ4v) is 4.03. The van der Waals surface area contributed by atoms with E-state index in [0.717, 1.165) is 35.0 Å². The van der Waals surface area contributed by atoms with Crippen molar-refractivity contribution in [2.75, 3.05) is 25.5 Å². The highest BCUT2D eigenvalue weighted by Crippen LogP contribution is 2.25. The van der Waals surface area contributed by atoms with E-state index in [2.05, 4.69) is 33.7 Å². The number of fused-ring (bicyclic) bond motifs is 1. The lowest BCUT2D eigenvalue weighted by molar-refractivity contribution is -0.192. The molecule has 10 heteroatoms. The van der Waals surface area contributed by atoms with Crippen molar-refractivity contribution in [3.63, 3.8) is 0 Å². The summed E-state index contributed by atoms with van der Waals surface area (Å²) in [6, 6.07) is 19.6. The van der Waals surface area contributed by atoms with Gasteiger partial charge in [0.15, 0.2) is 0 Å². The van der Waals surface area contributed by atoms with Crippen LogP contribution in [-0.4, -0.2) is 54.1 Å². The van der Waals surface area contributed by atoms with Gasteiger partial charge in [-0.3, -0.25) is 9.59 Å². The number of amides is 2. The zero-order chi connectivity index (χ0) is 27.3. The molecule has 2 amide bonds. The van der Waals surface area contributed by atoms with Crippen molar-refractivity contribution in [1.82, 2.24) is 10.2 Å². The van der Waals surface area contributed by atoms with Crippen molar-refractivity contribution in [3.05, 3.63) is 77.4 Å². The second kappa shape index (κ2) is 11.4. The molecule has 1 aliphatic rings. The predicted molar refractivity (Wildman–Crippen MR) is 134 cm³/mol. The molecule has 1 atom stereocenters. The van der Waals surface area contributed by atoms with E-state index in [0.29, 0.717) is 11.3 Å². The third-order valence-electron chi connectivity index (χ3n) is 6.06. The van der Waals surface area contributed by atoms with Crippen molar-refractivity contribution in [1.29, 1.82) is 0 Å². The Kier molecular flexibility index (Phi) is 8.54. The number of benzene rings is 3. The first-order valence-electron chi connectivity index (χ1n) is 11.6. The first-order valence-corrected chi connectivity index (χ1v) is 11.6. The molecule has 3 N–H and O–H groups in total. The summed E-state index contributed by atoms with van der Waals surface area (Å²) in [5.74, 6) is -2.88. The van der Waals surface area contributed by atoms with E-state index in [1.165, 1.54) is 0 Å². The first-order chi connectivity index (χ1) is 17.4. The highest BCUT2D eigenvalue weighted by Gasteiger charge is 2.38. The lowest BCUT2D eigenvalue weighted by Crippen LogP contribution is -2.49. The topological polar surface area (TPSA) is 98.7 Å². The van der Waals surface area contributed by atoms with E-state index in [4.69, 9.17) is 9.90 Å². The maximum atomic E-state index is 13.0. The minimum atomic E-state index is -5.08. The molecule has 1 aliphatic heterocycles. The molecular formula is C27H28F3N3O4. The molecule has 0 spiro atoms. The number of carboxylic acids is 1. The molecule has 7 nitrogen and oxygen atoms in total. The van der Waals surface area contributed by atoms with E-state index in [-0.39, 0.29) is 23.8 Å². The number of hydrogen-bond acceptors (Lipinski definition) is 4. The summed E-state index contributed by atoms with van der Waals surface area (Å²) in [4.78, 5) is 36.4. The number of alkyl halides is 3. The molecule has 1 fully saturated rings. The van der Waals surface area contributed by atoms with Crippen LogP contribution in [-0.2, 0) is 9.59 Å². The number of nitrogens with one attached hydrogen (secondary N) is 2. The first kappa shape index (κ1) is 27.7. The molecular weight excluding hydrogens is 487 g/mol. The second-order valence-corrected chi connectivity index (χ2v) is 9.00. The average Bonchev–Trinajstić information content (AvgIpc) is 2.82. The third kappa shape index (κ3) is 7.07. The molecule has 1 saturated heterocycles. The van der Waals surface area contributed by atoms with Gasteiger partial charge in [0.05, 0.1) is 12.0 Å². The Hall–Kier alpha value is -3.92. The Morgan fingerprint density at radius 2 is 1.65 bits per heavy atom. The Balaban J connectivity index is 0.000000479. The Morgan fingerprint density at radius 3 is 2.27 bits per heavy atom. The van der Waals surface area contributed by atoms with E-state index in [1.807, 2.05) is 57.3 Å². The van der Waals surface area contributed by atoms with Crippen LogP contribution in [0.1, 0.15) is 34.5 Å². The normalized spacial score (nSPS) is 14.6. The molecule has 4 rings (SSSR count). The molecule has 0 aromatic heterocycles. The van der Waals surface area contributed by atoms with Crippen LogP contribution in [0.4, 0.5) is 18.9 Å². The minimum absolute atomic E-state index is 0.00688. The summed E-state index contributed by atoms with van der Waals surface area (Å²) in [5.41, 5.74) is 3.19. The van der Waals surface area contributed by atoms with Crippen LogP contribution in [0, 0.1) is 12.8 Å². The van der Waals surface area contributed by atoms with Crippen LogP contribution in [0.25, 0.3) is 10.8 Å². The molecule has 0 bridgehead atoms. The maximum Gasteiger partial charge on any atom is 0.490 e. The predicted octanol–water partition coefficient (Wildman–Crippen LogP) is 4.77. The SMILES string of the molecule is Cc1ccc(NC(=O)C2CN(C)C2)cc1C(=O)N[C@H](C)c1cccc2ccccc12.O=C(O)C(F)(F)F. The molecule has 3 aromatic rings. The number of nitrogens with zero attached hydrogens (tertiary/aromatic N) is 1. The van der Waals surface area contributed by atoms with Crippen molar-refractivity contribution >= 4 is 34.2 Å². The number of aryl methyl sites for hydroxylation is 1. The van der Waals surface area contributed by atoms with Gasteiger partial charge in [-0.1, -0.05) is 48.5 Å². The number of aliphatic carboxylic acids is 1. The van der Waals surface area contributed by atoms with Crippen LogP contribution in [0.5, 0.6) is 0 Å². The smallest absolute Gasteiger partial charge is 0.475 e. The van der Waals surface area contributed by atoms with Gasteiger partial charge in [-0.05, 0) is 54.9 Å². The fourth-order valence-electron chi connectivity index (χ4n) is 4.03. The van der Waals surface area contributed by atoms with Gasteiger partial charge in [-0.15, -0.1) is 0 Å². The molecule has 196 valence electrons. The lowest BCUT2D eigenvalue weighted by Gasteiger charge is -2.34. The van der Waals surface area contributed by atoms with Gasteiger partial charge in [-0.2, -0.15) is 13.2 Å². The zero-order valence-electron chi connectivity index (χ0n) is 20.6. The molecule has 0 saturated carbocycles. The lowest BCUT2D eigenvalue weighted by atomic mass is 9.98. The number of carbonyl (C=O) groups is 3. The van der Waals surface area contributed by atoms with Crippen molar-refractivity contribution in [2.24, 2.45) is 5.92 Å². The standard InChI is InChI=1S/C25H27N3O2.C2HF3O2/c1-16-11-12-20(27-24(29)19-14-28(3)15-19)13-23(16)25(30)26-17(2)21-10-6-8-18-7-4-5-9-22(18)21;3-2(4,5)1(6)7/h4-13,17,19H,14-15H2,1-3H3,(H,26,30)(H,27,29);(H,6,7)/t17-;/m1./s1. The number of hydrogen-bond donors (Lipinski definition) is 3. The summed E-state index contributed by atoms with van der Waals surface area (Å²) in [5, 5.41) is 15.5. The molecule has 0 unspecified atom stereocenters. The molecule has 3 aromatic carbocycles. The van der Waals surface area contributed by atoms with Crippen LogP contribution in [0.3, 0.4) is 0 Å². The molecule has 0 aliphatic carbocycles. The third-order valence-corrected chi connectivity index (χ3v) is 6.06. The largest absolute Gasteiger partial charge is 0.490 e. The number of carbonyl (C=O) groups excluding carboxylic acids is 2. The summed E-state index contributed by atoms with van der Waals surface area (Å²) in [6.07, 6.45) is -5.08. The van der Waals surface area contributed by atoms with Crippen LogP contribution < -0.4 is 10.6 Å². The van der Waals surface area contributed by atoms with Gasteiger partial charge < -0.3 is 20.6 Å². The van der Waals surface area contributed by atoms with Gasteiger partial charge in [0.2, 0.25) is 5.91 Å². The number of rotatable bonds is 5. The average molecular weight is 516 g/mol. The van der Waals surface area contributed by atoms with E-state index < -0.39 is 12.1 Å². The maximum absolute atomic E-state index is 13.0. The highest BCUT2D eigenvalue weighted by molar-refractivity contribution is 5.99. The monoisotopic (exact) mass is 515 g/mol. The summed E-state index contributed by atoms with van der Waals surface area (Å²) in [6.45, 7) is 5.44. The number of likely N-dealkylation sites (tertiary alicyclic amines) is 1. The number of halogens is 3. The van der Waals surface area contributed by atoms with E-state index in [1.54, 1.807) is 6.07 Å². The van der Waals surface area contributed by atoms with Crippen LogP contribution in [0.2, 0.25) is 0 Å². The molecule has 1 heterocycles. The summed E-state index contributed by atoms with van der Waals surface area (Å²) >= 11 is 0. The van der Waals surface area contributed by atoms with Gasteiger partial charge >= 0.3 is 12.1 Å². The van der Waals surface area contributed by atoms with Gasteiger partial charge in [0.1, 0.15) is 0 Å². The van der Waals surface area contributed by atoms with Gasteiger partial charge in [0, 0.05) is 24.3 Å². The Bertz CT molecular complexity index is 1300. The van der Waals surface area contributed by atoms with Gasteiger partial charge in [-0.25, -0.2) is 4.79 Å². The van der Waals surface area contributed by atoms with E-state index in [9.17, 15) is 22.8 Å².